The lowest BCUT2D eigenvalue weighted by Gasteiger charge is -2.11. The molecule has 2 aromatic carbocycles. The van der Waals surface area contributed by atoms with Gasteiger partial charge in [-0.1, -0.05) is 18.2 Å². The number of anilines is 1. The van der Waals surface area contributed by atoms with Crippen LogP contribution in [0.4, 0.5) is 14.6 Å². The first-order chi connectivity index (χ1) is 12.9. The molecule has 27 heavy (non-hydrogen) atoms. The topological polar surface area (TPSA) is 46.9 Å². The Morgan fingerprint density at radius 1 is 1.15 bits per heavy atom. The minimum atomic E-state index is -0.518. The van der Waals surface area contributed by atoms with Crippen molar-refractivity contribution in [3.8, 4) is 0 Å². The zero-order chi connectivity index (χ0) is 19.4. The number of nitrogens with one attached hydrogen (secondary N) is 1. The molecule has 0 unspecified atom stereocenters. The molecular weight excluding hydrogens is 368 g/mol. The van der Waals surface area contributed by atoms with Gasteiger partial charge in [0.05, 0.1) is 18.5 Å². The van der Waals surface area contributed by atoms with Crippen molar-refractivity contribution in [3.63, 3.8) is 0 Å². The molecule has 4 nitrogen and oxygen atoms in total. The third-order valence-corrected chi connectivity index (χ3v) is 5.24. The number of thioether (sulfide) groups is 1. The fraction of sp³-hybridized carbons (Fsp3) is 0.200. The quantitative estimate of drug-likeness (QED) is 0.631. The lowest BCUT2D eigenvalue weighted by molar-refractivity contribution is -0.113. The predicted octanol–water partition coefficient (Wildman–Crippen LogP) is 4.56. The molecule has 0 radical (unpaired) electrons. The van der Waals surface area contributed by atoms with E-state index in [2.05, 4.69) is 10.4 Å². The second-order valence-electron chi connectivity index (χ2n) is 6.17. The van der Waals surface area contributed by atoms with E-state index >= 15 is 0 Å². The lowest BCUT2D eigenvalue weighted by Crippen LogP contribution is -2.18. The molecular formula is C20H19F2N3OS. The molecule has 1 amide bonds. The van der Waals surface area contributed by atoms with Crippen LogP contribution < -0.4 is 5.32 Å². The van der Waals surface area contributed by atoms with E-state index in [1.54, 1.807) is 13.1 Å². The van der Waals surface area contributed by atoms with Crippen LogP contribution in [0.2, 0.25) is 0 Å². The minimum Gasteiger partial charge on any atom is -0.310 e. The van der Waals surface area contributed by atoms with Gasteiger partial charge < -0.3 is 5.32 Å². The molecule has 0 atom stereocenters. The molecule has 0 fully saturated rings. The summed E-state index contributed by atoms with van der Waals surface area (Å²) in [6.45, 7) is 3.82. The molecule has 3 aromatic rings. The monoisotopic (exact) mass is 387 g/mol. The van der Waals surface area contributed by atoms with Gasteiger partial charge in [-0.3, -0.25) is 4.79 Å². The number of hydrogen-bond donors (Lipinski definition) is 1. The van der Waals surface area contributed by atoms with Gasteiger partial charge in [0.2, 0.25) is 5.91 Å². The van der Waals surface area contributed by atoms with Gasteiger partial charge in [-0.2, -0.15) is 5.10 Å². The average molecular weight is 387 g/mol. The summed E-state index contributed by atoms with van der Waals surface area (Å²) in [7, 11) is 0. The van der Waals surface area contributed by atoms with Crippen molar-refractivity contribution < 1.29 is 13.6 Å². The van der Waals surface area contributed by atoms with Crippen LogP contribution in [0.5, 0.6) is 0 Å². The average Bonchev–Trinajstić information content (AvgIpc) is 2.97. The van der Waals surface area contributed by atoms with E-state index in [0.29, 0.717) is 5.82 Å². The maximum Gasteiger partial charge on any atom is 0.235 e. The maximum atomic E-state index is 13.9. The van der Waals surface area contributed by atoms with Gasteiger partial charge >= 0.3 is 0 Å². The lowest BCUT2D eigenvalue weighted by atomic mass is 10.2. The minimum absolute atomic E-state index is 0.0258. The Morgan fingerprint density at radius 2 is 1.93 bits per heavy atom. The highest BCUT2D eigenvalue weighted by Crippen LogP contribution is 2.23. The van der Waals surface area contributed by atoms with Crippen molar-refractivity contribution >= 4 is 23.5 Å². The van der Waals surface area contributed by atoms with Crippen molar-refractivity contribution in [2.45, 2.75) is 25.3 Å². The number of hydrogen-bond acceptors (Lipinski definition) is 3. The first kappa shape index (κ1) is 19.1. The number of amides is 1. The molecule has 0 aliphatic rings. The smallest absolute Gasteiger partial charge is 0.235 e. The molecule has 1 N–H and O–H groups in total. The second-order valence-corrected chi connectivity index (χ2v) is 7.19. The van der Waals surface area contributed by atoms with Gasteiger partial charge in [0.15, 0.2) is 0 Å². The van der Waals surface area contributed by atoms with Crippen molar-refractivity contribution in [2.75, 3.05) is 11.1 Å². The molecule has 7 heteroatoms. The van der Waals surface area contributed by atoms with Crippen LogP contribution in [-0.4, -0.2) is 21.4 Å². The van der Waals surface area contributed by atoms with E-state index in [0.717, 1.165) is 34.2 Å². The van der Waals surface area contributed by atoms with Gasteiger partial charge in [-0.15, -0.1) is 11.8 Å². The first-order valence-corrected chi connectivity index (χ1v) is 9.37. The number of aromatic nitrogens is 2. The summed E-state index contributed by atoms with van der Waals surface area (Å²) in [5.41, 5.74) is 2.03. The Hall–Kier alpha value is -2.67. The Balaban J connectivity index is 1.70. The number of rotatable bonds is 6. The normalized spacial score (nSPS) is 10.8. The van der Waals surface area contributed by atoms with Gasteiger partial charge in [0.1, 0.15) is 17.5 Å². The molecule has 0 spiro atoms. The van der Waals surface area contributed by atoms with Crippen LogP contribution in [0, 0.1) is 25.5 Å². The first-order valence-electron chi connectivity index (χ1n) is 8.38. The van der Waals surface area contributed by atoms with Crippen molar-refractivity contribution in [1.82, 2.24) is 9.78 Å². The van der Waals surface area contributed by atoms with Crippen molar-refractivity contribution in [3.05, 3.63) is 77.0 Å². The van der Waals surface area contributed by atoms with E-state index in [-0.39, 0.29) is 23.8 Å². The van der Waals surface area contributed by atoms with Crippen LogP contribution in [0.25, 0.3) is 0 Å². The molecule has 1 aromatic heterocycles. The van der Waals surface area contributed by atoms with Gasteiger partial charge in [0, 0.05) is 16.0 Å². The number of carbonyl (C=O) groups is 1. The summed E-state index contributed by atoms with van der Waals surface area (Å²) >= 11 is 1.45. The SMILES string of the molecule is Cc1ccccc1SCC(=O)Nc1c(C)cnn1Cc1cc(F)ccc1F. The second kappa shape index (κ2) is 8.35. The van der Waals surface area contributed by atoms with Crippen LogP contribution in [0.15, 0.2) is 53.6 Å². The van der Waals surface area contributed by atoms with Crippen LogP contribution >= 0.6 is 11.8 Å². The van der Waals surface area contributed by atoms with Gasteiger partial charge in [0.25, 0.3) is 0 Å². The van der Waals surface area contributed by atoms with Crippen molar-refractivity contribution in [1.29, 1.82) is 0 Å². The number of aryl methyl sites for hydroxylation is 2. The summed E-state index contributed by atoms with van der Waals surface area (Å²) in [6, 6.07) is 11.1. The zero-order valence-electron chi connectivity index (χ0n) is 15.0. The Labute approximate surface area is 160 Å². The third-order valence-electron chi connectivity index (χ3n) is 4.06. The Kier molecular flexibility index (Phi) is 5.91. The summed E-state index contributed by atoms with van der Waals surface area (Å²) in [6.07, 6.45) is 1.58. The van der Waals surface area contributed by atoms with Crippen LogP contribution in [0.1, 0.15) is 16.7 Å². The molecule has 3 rings (SSSR count). The number of carbonyl (C=O) groups excluding carboxylic acids is 1. The van der Waals surface area contributed by atoms with Crippen LogP contribution in [0.3, 0.4) is 0 Å². The molecule has 0 aliphatic heterocycles. The van der Waals surface area contributed by atoms with E-state index in [1.165, 1.54) is 16.4 Å². The summed E-state index contributed by atoms with van der Waals surface area (Å²) in [5, 5.41) is 7.00. The maximum absolute atomic E-state index is 13.9. The standard InChI is InChI=1S/C20H19F2N3OS/c1-13-5-3-4-6-18(13)27-12-19(26)24-20-14(2)10-23-25(20)11-15-9-16(21)7-8-17(15)22/h3-10H,11-12H2,1-2H3,(H,24,26). The molecule has 1 heterocycles. The summed E-state index contributed by atoms with van der Waals surface area (Å²) in [5.74, 6) is -0.502. The third kappa shape index (κ3) is 4.74. The van der Waals surface area contributed by atoms with E-state index in [4.69, 9.17) is 0 Å². The van der Waals surface area contributed by atoms with Gasteiger partial charge in [-0.25, -0.2) is 13.5 Å². The highest BCUT2D eigenvalue weighted by Gasteiger charge is 2.14. The largest absolute Gasteiger partial charge is 0.310 e. The summed E-state index contributed by atoms with van der Waals surface area (Å²) < 4.78 is 28.8. The highest BCUT2D eigenvalue weighted by atomic mass is 32.2. The molecule has 0 bridgehead atoms. The zero-order valence-corrected chi connectivity index (χ0v) is 15.8. The number of halogens is 2. The van der Waals surface area contributed by atoms with E-state index in [1.807, 2.05) is 31.2 Å². The predicted molar refractivity (Wildman–Crippen MR) is 103 cm³/mol. The highest BCUT2D eigenvalue weighted by molar-refractivity contribution is 8.00. The van der Waals surface area contributed by atoms with Gasteiger partial charge in [-0.05, 0) is 43.7 Å². The number of nitrogens with zero attached hydrogens (tertiary/aromatic N) is 2. The van der Waals surface area contributed by atoms with Crippen LogP contribution in [-0.2, 0) is 11.3 Å². The Bertz CT molecular complexity index is 972. The van der Waals surface area contributed by atoms with E-state index < -0.39 is 11.6 Å². The molecule has 0 saturated carbocycles. The Morgan fingerprint density at radius 3 is 2.70 bits per heavy atom. The molecule has 140 valence electrons. The fourth-order valence-electron chi connectivity index (χ4n) is 2.62. The molecule has 0 aliphatic carbocycles. The number of benzene rings is 2. The summed E-state index contributed by atoms with van der Waals surface area (Å²) in [4.78, 5) is 13.4. The van der Waals surface area contributed by atoms with E-state index in [9.17, 15) is 13.6 Å². The van der Waals surface area contributed by atoms with Crippen molar-refractivity contribution in [2.24, 2.45) is 0 Å². The fourth-order valence-corrected chi connectivity index (χ4v) is 3.45. The molecule has 0 saturated heterocycles.